The Bertz CT molecular complexity index is 596. The molecule has 1 aliphatic rings. The third kappa shape index (κ3) is 2.97. The molecule has 3 rings (SSSR count). The van der Waals surface area contributed by atoms with E-state index in [1.165, 1.54) is 31.2 Å². The van der Waals surface area contributed by atoms with Crippen LogP contribution in [0.3, 0.4) is 0 Å². The van der Waals surface area contributed by atoms with Crippen molar-refractivity contribution >= 4 is 11.0 Å². The first-order chi connectivity index (χ1) is 10.2. The Kier molecular flexibility index (Phi) is 4.27. The van der Waals surface area contributed by atoms with E-state index in [0.29, 0.717) is 12.0 Å². The van der Waals surface area contributed by atoms with Gasteiger partial charge < -0.3 is 4.57 Å². The number of hydrogen-bond acceptors (Lipinski definition) is 3. The summed E-state index contributed by atoms with van der Waals surface area (Å²) in [6.45, 7) is 2.35. The topological polar surface area (TPSA) is 55.9 Å². The van der Waals surface area contributed by atoms with Gasteiger partial charge >= 0.3 is 0 Å². The molecule has 4 heteroatoms. The van der Waals surface area contributed by atoms with Crippen molar-refractivity contribution in [3.63, 3.8) is 0 Å². The molecule has 0 radical (unpaired) electrons. The molecule has 2 aromatic rings. The molecule has 1 heterocycles. The molecule has 1 fully saturated rings. The van der Waals surface area contributed by atoms with E-state index < -0.39 is 0 Å². The summed E-state index contributed by atoms with van der Waals surface area (Å²) in [6, 6.07) is 8.63. The molecule has 1 aromatic heterocycles. The van der Waals surface area contributed by atoms with Crippen molar-refractivity contribution in [2.24, 2.45) is 24.7 Å². The van der Waals surface area contributed by atoms with Gasteiger partial charge in [0.1, 0.15) is 5.82 Å². The number of nitrogens with two attached hydrogens (primary N) is 1. The quantitative estimate of drug-likeness (QED) is 0.671. The van der Waals surface area contributed by atoms with Crippen LogP contribution in [0.4, 0.5) is 0 Å². The SMILES string of the molecule is CC1CCC(C(Cc2nc3ccccc3n2C)NN)CC1. The van der Waals surface area contributed by atoms with Crippen LogP contribution < -0.4 is 11.3 Å². The van der Waals surface area contributed by atoms with E-state index in [4.69, 9.17) is 10.8 Å². The fourth-order valence-electron chi connectivity index (χ4n) is 3.62. The van der Waals surface area contributed by atoms with E-state index in [9.17, 15) is 0 Å². The normalized spacial score (nSPS) is 24.3. The van der Waals surface area contributed by atoms with E-state index >= 15 is 0 Å². The molecular weight excluding hydrogens is 260 g/mol. The number of rotatable bonds is 4. The van der Waals surface area contributed by atoms with E-state index in [1.54, 1.807) is 0 Å². The van der Waals surface area contributed by atoms with Crippen LogP contribution in [-0.4, -0.2) is 15.6 Å². The summed E-state index contributed by atoms with van der Waals surface area (Å²) >= 11 is 0. The van der Waals surface area contributed by atoms with E-state index in [1.807, 2.05) is 6.07 Å². The maximum absolute atomic E-state index is 5.84. The minimum Gasteiger partial charge on any atom is -0.331 e. The molecule has 1 unspecified atom stereocenters. The highest BCUT2D eigenvalue weighted by atomic mass is 15.2. The van der Waals surface area contributed by atoms with Crippen LogP contribution in [0, 0.1) is 11.8 Å². The molecule has 1 aromatic carbocycles. The van der Waals surface area contributed by atoms with Gasteiger partial charge in [0, 0.05) is 19.5 Å². The predicted molar refractivity (Wildman–Crippen MR) is 86.7 cm³/mol. The van der Waals surface area contributed by atoms with Crippen LogP contribution in [0.1, 0.15) is 38.4 Å². The molecule has 21 heavy (non-hydrogen) atoms. The second-order valence-electron chi connectivity index (χ2n) is 6.57. The van der Waals surface area contributed by atoms with Crippen LogP contribution in [0.15, 0.2) is 24.3 Å². The van der Waals surface area contributed by atoms with Gasteiger partial charge in [-0.25, -0.2) is 4.98 Å². The maximum atomic E-state index is 5.84. The molecule has 0 bridgehead atoms. The van der Waals surface area contributed by atoms with Crippen molar-refractivity contribution in [1.82, 2.24) is 15.0 Å². The Labute approximate surface area is 126 Å². The fourth-order valence-corrected chi connectivity index (χ4v) is 3.62. The second-order valence-corrected chi connectivity index (χ2v) is 6.57. The summed E-state index contributed by atoms with van der Waals surface area (Å²) in [5.74, 6) is 8.51. The third-order valence-electron chi connectivity index (χ3n) is 5.13. The van der Waals surface area contributed by atoms with E-state index in [0.717, 1.165) is 23.7 Å². The van der Waals surface area contributed by atoms with Gasteiger partial charge in [0.15, 0.2) is 0 Å². The van der Waals surface area contributed by atoms with Gasteiger partial charge in [0.2, 0.25) is 0 Å². The first-order valence-electron chi connectivity index (χ1n) is 8.05. The number of aryl methyl sites for hydroxylation is 1. The van der Waals surface area contributed by atoms with Crippen molar-refractivity contribution in [2.45, 2.75) is 45.1 Å². The third-order valence-corrected chi connectivity index (χ3v) is 5.13. The zero-order valence-electron chi connectivity index (χ0n) is 13.0. The number of aromatic nitrogens is 2. The Balaban J connectivity index is 1.77. The number of benzene rings is 1. The Morgan fingerprint density at radius 1 is 1.29 bits per heavy atom. The maximum Gasteiger partial charge on any atom is 0.111 e. The molecule has 1 aliphatic carbocycles. The highest BCUT2D eigenvalue weighted by molar-refractivity contribution is 5.75. The molecule has 1 saturated carbocycles. The lowest BCUT2D eigenvalue weighted by atomic mass is 9.78. The van der Waals surface area contributed by atoms with Crippen LogP contribution in [0.2, 0.25) is 0 Å². The van der Waals surface area contributed by atoms with Gasteiger partial charge in [-0.15, -0.1) is 0 Å². The summed E-state index contributed by atoms with van der Waals surface area (Å²) in [4.78, 5) is 4.78. The lowest BCUT2D eigenvalue weighted by molar-refractivity contribution is 0.227. The fraction of sp³-hybridized carbons (Fsp3) is 0.588. The van der Waals surface area contributed by atoms with Crippen molar-refractivity contribution in [2.75, 3.05) is 0 Å². The summed E-state index contributed by atoms with van der Waals surface area (Å²) in [7, 11) is 2.10. The molecule has 3 N–H and O–H groups in total. The average Bonchev–Trinajstić information content (AvgIpc) is 2.83. The van der Waals surface area contributed by atoms with Crippen molar-refractivity contribution in [3.8, 4) is 0 Å². The Hall–Kier alpha value is -1.39. The van der Waals surface area contributed by atoms with Crippen molar-refractivity contribution < 1.29 is 0 Å². The number of fused-ring (bicyclic) bond motifs is 1. The molecule has 4 nitrogen and oxygen atoms in total. The first-order valence-corrected chi connectivity index (χ1v) is 8.05. The molecule has 0 aliphatic heterocycles. The van der Waals surface area contributed by atoms with Gasteiger partial charge in [0.05, 0.1) is 11.0 Å². The number of nitrogens with zero attached hydrogens (tertiary/aromatic N) is 2. The average molecular weight is 286 g/mol. The van der Waals surface area contributed by atoms with Gasteiger partial charge in [-0.3, -0.25) is 11.3 Å². The molecular formula is C17H26N4. The zero-order valence-corrected chi connectivity index (χ0v) is 13.0. The first kappa shape index (κ1) is 14.5. The van der Waals surface area contributed by atoms with E-state index in [-0.39, 0.29) is 0 Å². The highest BCUT2D eigenvalue weighted by Gasteiger charge is 2.26. The largest absolute Gasteiger partial charge is 0.331 e. The van der Waals surface area contributed by atoms with Crippen molar-refractivity contribution in [3.05, 3.63) is 30.1 Å². The monoisotopic (exact) mass is 286 g/mol. The Morgan fingerprint density at radius 3 is 2.67 bits per heavy atom. The van der Waals surface area contributed by atoms with Gasteiger partial charge in [-0.2, -0.15) is 0 Å². The predicted octanol–water partition coefficient (Wildman–Crippen LogP) is 2.77. The molecule has 0 amide bonds. The van der Waals surface area contributed by atoms with Gasteiger partial charge in [-0.05, 0) is 36.8 Å². The minimum atomic E-state index is 0.327. The summed E-state index contributed by atoms with van der Waals surface area (Å²) in [5, 5.41) is 0. The number of hydrogen-bond donors (Lipinski definition) is 2. The second kappa shape index (κ2) is 6.16. The zero-order chi connectivity index (χ0) is 14.8. The van der Waals surface area contributed by atoms with Crippen LogP contribution in [0.5, 0.6) is 0 Å². The number of imidazole rings is 1. The van der Waals surface area contributed by atoms with Crippen molar-refractivity contribution in [1.29, 1.82) is 0 Å². The lowest BCUT2D eigenvalue weighted by Crippen LogP contribution is -2.44. The van der Waals surface area contributed by atoms with Gasteiger partial charge in [0.25, 0.3) is 0 Å². The number of hydrazine groups is 1. The van der Waals surface area contributed by atoms with E-state index in [2.05, 4.69) is 42.2 Å². The molecule has 0 spiro atoms. The highest BCUT2D eigenvalue weighted by Crippen LogP contribution is 2.31. The molecule has 0 saturated heterocycles. The van der Waals surface area contributed by atoms with Crippen LogP contribution >= 0.6 is 0 Å². The van der Waals surface area contributed by atoms with Crippen LogP contribution in [-0.2, 0) is 13.5 Å². The number of para-hydroxylation sites is 2. The standard InChI is InChI=1S/C17H26N4/c1-12-7-9-13(10-8-12)15(20-18)11-17-19-14-5-3-4-6-16(14)21(17)2/h3-6,12-13,15,20H,7-11,18H2,1-2H3. The van der Waals surface area contributed by atoms with Gasteiger partial charge in [-0.1, -0.05) is 31.9 Å². The summed E-state index contributed by atoms with van der Waals surface area (Å²) in [5.41, 5.74) is 5.32. The molecule has 1 atom stereocenters. The summed E-state index contributed by atoms with van der Waals surface area (Å²) < 4.78 is 2.20. The smallest absolute Gasteiger partial charge is 0.111 e. The summed E-state index contributed by atoms with van der Waals surface area (Å²) in [6.07, 6.45) is 6.11. The minimum absolute atomic E-state index is 0.327. The van der Waals surface area contributed by atoms with Crippen LogP contribution in [0.25, 0.3) is 11.0 Å². The Morgan fingerprint density at radius 2 is 2.00 bits per heavy atom. The number of nitrogens with one attached hydrogen (secondary N) is 1. The lowest BCUT2D eigenvalue weighted by Gasteiger charge is -2.32. The molecule has 114 valence electrons.